The van der Waals surface area contributed by atoms with E-state index in [9.17, 15) is 25.2 Å². The van der Waals surface area contributed by atoms with Crippen LogP contribution in [0.1, 0.15) is 55.5 Å². The first-order valence-electron chi connectivity index (χ1n) is 12.3. The molecule has 3 rings (SSSR count). The number of benzene rings is 1. The van der Waals surface area contributed by atoms with Gasteiger partial charge in [0, 0.05) is 30.1 Å². The van der Waals surface area contributed by atoms with Crippen molar-refractivity contribution in [3.8, 4) is 5.88 Å². The molecular formula is C26H37N3O8. The van der Waals surface area contributed by atoms with E-state index in [0.29, 0.717) is 6.42 Å². The molecule has 11 nitrogen and oxygen atoms in total. The van der Waals surface area contributed by atoms with Gasteiger partial charge < -0.3 is 40.3 Å². The molecule has 1 aliphatic heterocycles. The van der Waals surface area contributed by atoms with Gasteiger partial charge in [0.1, 0.15) is 24.4 Å². The fourth-order valence-corrected chi connectivity index (χ4v) is 4.01. The first-order chi connectivity index (χ1) is 17.6. The smallest absolute Gasteiger partial charge is 0.238 e. The lowest BCUT2D eigenvalue weighted by Crippen LogP contribution is -2.60. The Kier molecular flexibility index (Phi) is 10.2. The van der Waals surface area contributed by atoms with Crippen LogP contribution in [0.3, 0.4) is 0 Å². The summed E-state index contributed by atoms with van der Waals surface area (Å²) in [4.78, 5) is 11.8. The number of H-pyrrole nitrogens is 1. The van der Waals surface area contributed by atoms with Crippen LogP contribution in [-0.4, -0.2) is 91.6 Å². The maximum atomic E-state index is 11.8. The minimum absolute atomic E-state index is 0.0940. The topological polar surface area (TPSA) is 177 Å². The highest BCUT2D eigenvalue weighted by Gasteiger charge is 2.45. The van der Waals surface area contributed by atoms with Crippen LogP contribution in [0.25, 0.3) is 6.08 Å². The quantitative estimate of drug-likeness (QED) is 0.218. The number of aliphatic hydroxyl groups excluding tert-OH is 5. The summed E-state index contributed by atoms with van der Waals surface area (Å²) in [6, 6.07) is 7.46. The van der Waals surface area contributed by atoms with Gasteiger partial charge in [0.15, 0.2) is 0 Å². The Morgan fingerprint density at radius 1 is 1.14 bits per heavy atom. The van der Waals surface area contributed by atoms with Crippen molar-refractivity contribution in [2.45, 2.75) is 76.3 Å². The zero-order valence-corrected chi connectivity index (χ0v) is 21.2. The van der Waals surface area contributed by atoms with Gasteiger partial charge in [-0.1, -0.05) is 50.3 Å². The molecule has 204 valence electrons. The van der Waals surface area contributed by atoms with Gasteiger partial charge in [-0.15, -0.1) is 5.10 Å². The molecule has 37 heavy (non-hydrogen) atoms. The zero-order valence-electron chi connectivity index (χ0n) is 21.2. The molecule has 1 saturated heterocycles. The molecule has 2 heterocycles. The third kappa shape index (κ3) is 7.37. The van der Waals surface area contributed by atoms with E-state index in [1.165, 1.54) is 0 Å². The molecule has 1 aliphatic rings. The molecule has 0 bridgehead atoms. The van der Waals surface area contributed by atoms with Gasteiger partial charge in [-0.05, 0) is 24.0 Å². The van der Waals surface area contributed by atoms with E-state index in [4.69, 9.17) is 14.6 Å². The number of rotatable bonds is 11. The van der Waals surface area contributed by atoms with Gasteiger partial charge in [-0.25, -0.2) is 0 Å². The van der Waals surface area contributed by atoms with E-state index in [2.05, 4.69) is 15.5 Å². The number of aromatic nitrogens is 2. The molecule has 11 heteroatoms. The maximum Gasteiger partial charge on any atom is 0.238 e. The molecule has 0 spiro atoms. The second kappa shape index (κ2) is 13.1. The Balaban J connectivity index is 1.71. The van der Waals surface area contributed by atoms with Gasteiger partial charge in [-0.2, -0.15) is 0 Å². The second-order valence-corrected chi connectivity index (χ2v) is 9.57. The Labute approximate surface area is 215 Å². The SMILES string of the molecule is CC(C)c1[nH]nc(O[C@@H]2O[C@H](CO)[C@@H](O)[C@H](O)[C@H]2O)c1Cc1ccc(C=CCC(=O)N[C@@H](C)CO)cc1. The number of nitrogens with zero attached hydrogens (tertiary/aromatic N) is 1. The minimum Gasteiger partial charge on any atom is -0.443 e. The number of carbonyl (C=O) groups is 1. The lowest BCUT2D eigenvalue weighted by atomic mass is 9.98. The first-order valence-corrected chi connectivity index (χ1v) is 12.3. The summed E-state index contributed by atoms with van der Waals surface area (Å²) < 4.78 is 11.3. The maximum absolute atomic E-state index is 11.8. The van der Waals surface area contributed by atoms with Crippen molar-refractivity contribution in [3.05, 3.63) is 52.7 Å². The minimum atomic E-state index is -1.55. The Morgan fingerprint density at radius 2 is 1.84 bits per heavy atom. The van der Waals surface area contributed by atoms with E-state index in [-0.39, 0.29) is 36.8 Å². The number of aromatic amines is 1. The Morgan fingerprint density at radius 3 is 2.46 bits per heavy atom. The fourth-order valence-electron chi connectivity index (χ4n) is 4.01. The van der Waals surface area contributed by atoms with E-state index in [1.54, 1.807) is 13.0 Å². The van der Waals surface area contributed by atoms with E-state index < -0.39 is 37.3 Å². The third-order valence-electron chi connectivity index (χ3n) is 6.17. The number of aliphatic hydroxyl groups is 5. The highest BCUT2D eigenvalue weighted by molar-refractivity contribution is 5.78. The Hall–Kier alpha value is -2.80. The van der Waals surface area contributed by atoms with E-state index in [0.717, 1.165) is 22.4 Å². The van der Waals surface area contributed by atoms with Crippen LogP contribution >= 0.6 is 0 Å². The van der Waals surface area contributed by atoms with Crippen molar-refractivity contribution < 1.29 is 39.8 Å². The molecule has 0 saturated carbocycles. The number of hydrogen-bond acceptors (Lipinski definition) is 9. The largest absolute Gasteiger partial charge is 0.443 e. The molecular weight excluding hydrogens is 482 g/mol. The van der Waals surface area contributed by atoms with Gasteiger partial charge in [0.25, 0.3) is 0 Å². The molecule has 0 radical (unpaired) electrons. The molecule has 6 atom stereocenters. The molecule has 1 amide bonds. The van der Waals surface area contributed by atoms with Crippen molar-refractivity contribution in [1.29, 1.82) is 0 Å². The summed E-state index contributed by atoms with van der Waals surface area (Å²) in [6.45, 7) is 5.06. The summed E-state index contributed by atoms with van der Waals surface area (Å²) in [5, 5.41) is 58.8. The molecule has 0 aliphatic carbocycles. The van der Waals surface area contributed by atoms with Crippen LogP contribution in [0.5, 0.6) is 5.88 Å². The standard InChI is InChI=1S/C26H37N3O8/c1-14(2)21-18(25(29-28-21)37-26-24(35)23(34)22(33)19(13-31)36-26)11-17-9-7-16(8-10-17)5-4-6-20(32)27-15(3)12-30/h4-5,7-10,14-15,19,22-24,26,30-31,33-35H,6,11-13H2,1-3H3,(H,27,32)(H,28,29)/t15-,19+,22+,23-,24+,26-/m0/s1. The van der Waals surface area contributed by atoms with Crippen LogP contribution in [0, 0.1) is 0 Å². The molecule has 1 aromatic carbocycles. The van der Waals surface area contributed by atoms with Crippen LogP contribution in [0.4, 0.5) is 0 Å². The van der Waals surface area contributed by atoms with Crippen molar-refractivity contribution in [2.75, 3.05) is 13.2 Å². The molecule has 1 fully saturated rings. The highest BCUT2D eigenvalue weighted by atomic mass is 16.7. The Bertz CT molecular complexity index is 1040. The first kappa shape index (κ1) is 28.8. The van der Waals surface area contributed by atoms with E-state index in [1.807, 2.05) is 44.2 Å². The predicted molar refractivity (Wildman–Crippen MR) is 135 cm³/mol. The lowest BCUT2D eigenvalue weighted by Gasteiger charge is -2.39. The highest BCUT2D eigenvalue weighted by Crippen LogP contribution is 2.31. The van der Waals surface area contributed by atoms with Crippen LogP contribution in [-0.2, 0) is 16.0 Å². The molecule has 1 aromatic heterocycles. The second-order valence-electron chi connectivity index (χ2n) is 9.57. The zero-order chi connectivity index (χ0) is 27.1. The van der Waals surface area contributed by atoms with Gasteiger partial charge >= 0.3 is 0 Å². The van der Waals surface area contributed by atoms with Gasteiger partial charge in [-0.3, -0.25) is 9.89 Å². The van der Waals surface area contributed by atoms with E-state index >= 15 is 0 Å². The van der Waals surface area contributed by atoms with Gasteiger partial charge in [0.05, 0.1) is 13.2 Å². The van der Waals surface area contributed by atoms with Gasteiger partial charge in [0.2, 0.25) is 18.1 Å². The van der Waals surface area contributed by atoms with Crippen molar-refractivity contribution in [2.24, 2.45) is 0 Å². The summed E-state index contributed by atoms with van der Waals surface area (Å²) in [7, 11) is 0. The number of nitrogens with one attached hydrogen (secondary N) is 2. The van der Waals surface area contributed by atoms with Crippen molar-refractivity contribution in [3.63, 3.8) is 0 Å². The van der Waals surface area contributed by atoms with Crippen LogP contribution in [0.15, 0.2) is 30.3 Å². The van der Waals surface area contributed by atoms with Crippen molar-refractivity contribution >= 4 is 12.0 Å². The number of ether oxygens (including phenoxy) is 2. The number of carbonyl (C=O) groups excluding carboxylic acids is 1. The average Bonchev–Trinajstić information content (AvgIpc) is 3.27. The average molecular weight is 520 g/mol. The summed E-state index contributed by atoms with van der Waals surface area (Å²) in [6.07, 6.45) is -2.71. The summed E-state index contributed by atoms with van der Waals surface area (Å²) in [5.41, 5.74) is 3.48. The number of amides is 1. The summed E-state index contributed by atoms with van der Waals surface area (Å²) >= 11 is 0. The third-order valence-corrected chi connectivity index (χ3v) is 6.17. The number of hydrogen-bond donors (Lipinski definition) is 7. The monoisotopic (exact) mass is 519 g/mol. The predicted octanol–water partition coefficient (Wildman–Crippen LogP) is 0.203. The van der Waals surface area contributed by atoms with Crippen molar-refractivity contribution in [1.82, 2.24) is 15.5 Å². The molecule has 7 N–H and O–H groups in total. The summed E-state index contributed by atoms with van der Waals surface area (Å²) in [5.74, 6) is 0.124. The van der Waals surface area contributed by atoms with Crippen LogP contribution < -0.4 is 10.1 Å². The molecule has 0 unspecified atom stereocenters. The fraction of sp³-hybridized carbons (Fsp3) is 0.538. The lowest BCUT2D eigenvalue weighted by molar-refractivity contribution is -0.278. The van der Waals surface area contributed by atoms with Crippen LogP contribution in [0.2, 0.25) is 0 Å². The normalized spacial score (nSPS) is 24.9. The molecule has 2 aromatic rings.